The molecule has 0 aliphatic carbocycles. The van der Waals surface area contributed by atoms with E-state index in [1.807, 2.05) is 13.8 Å². The molecule has 0 bridgehead atoms. The fourth-order valence-electron chi connectivity index (χ4n) is 1.82. The maximum Gasteiger partial charge on any atom is 0.153 e. The molecule has 1 aromatic rings. The predicted octanol–water partition coefficient (Wildman–Crippen LogP) is 2.19. The minimum atomic E-state index is 0.425. The maximum atomic E-state index is 10.8. The van der Waals surface area contributed by atoms with Gasteiger partial charge in [-0.15, -0.1) is 0 Å². The second-order valence-electron chi connectivity index (χ2n) is 3.28. The fourth-order valence-corrected chi connectivity index (χ4v) is 1.82. The molecular weight excluding hydrogens is 192 g/mol. The molecule has 0 radical (unpaired) electrons. The van der Waals surface area contributed by atoms with Gasteiger partial charge in [0.15, 0.2) is 6.29 Å². The van der Waals surface area contributed by atoms with Crippen LogP contribution in [0.4, 0.5) is 0 Å². The van der Waals surface area contributed by atoms with E-state index in [1.165, 1.54) is 7.11 Å². The van der Waals surface area contributed by atoms with Crippen molar-refractivity contribution in [2.24, 2.45) is 0 Å². The summed E-state index contributed by atoms with van der Waals surface area (Å²) in [5.41, 5.74) is 2.80. The van der Waals surface area contributed by atoms with E-state index in [-0.39, 0.29) is 0 Å². The molecule has 80 valence electrons. The summed E-state index contributed by atoms with van der Waals surface area (Å²) in [4.78, 5) is 21.7. The average molecular weight is 206 g/mol. The summed E-state index contributed by atoms with van der Waals surface area (Å²) in [6.45, 7) is 3.83. The van der Waals surface area contributed by atoms with E-state index in [4.69, 9.17) is 4.74 Å². The first-order valence-electron chi connectivity index (χ1n) is 4.80. The fraction of sp³-hybridized carbons (Fsp3) is 0.333. The van der Waals surface area contributed by atoms with Crippen molar-refractivity contribution in [3.63, 3.8) is 0 Å². The predicted molar refractivity (Wildman–Crippen MR) is 57.9 cm³/mol. The molecular formula is C12H14O3. The van der Waals surface area contributed by atoms with E-state index < -0.39 is 0 Å². The minimum Gasteiger partial charge on any atom is -0.496 e. The van der Waals surface area contributed by atoms with Gasteiger partial charge in [-0.1, -0.05) is 6.92 Å². The third kappa shape index (κ3) is 1.91. The van der Waals surface area contributed by atoms with Crippen LogP contribution in [0.1, 0.15) is 38.8 Å². The Balaban J connectivity index is 3.54. The molecule has 3 heteroatoms. The van der Waals surface area contributed by atoms with Crippen LogP contribution in [0.25, 0.3) is 0 Å². The van der Waals surface area contributed by atoms with E-state index in [0.717, 1.165) is 23.8 Å². The number of hydrogen-bond donors (Lipinski definition) is 0. The van der Waals surface area contributed by atoms with Crippen molar-refractivity contribution < 1.29 is 14.3 Å². The van der Waals surface area contributed by atoms with Gasteiger partial charge in [-0.05, 0) is 30.5 Å². The van der Waals surface area contributed by atoms with Crippen molar-refractivity contribution in [2.75, 3.05) is 7.11 Å². The van der Waals surface area contributed by atoms with Gasteiger partial charge in [0, 0.05) is 5.56 Å². The van der Waals surface area contributed by atoms with Gasteiger partial charge in [-0.3, -0.25) is 9.59 Å². The second-order valence-corrected chi connectivity index (χ2v) is 3.28. The van der Waals surface area contributed by atoms with E-state index in [9.17, 15) is 9.59 Å². The van der Waals surface area contributed by atoms with Crippen molar-refractivity contribution in [3.8, 4) is 5.75 Å². The van der Waals surface area contributed by atoms with Crippen LogP contribution in [-0.4, -0.2) is 19.7 Å². The van der Waals surface area contributed by atoms with Gasteiger partial charge in [-0.25, -0.2) is 0 Å². The Morgan fingerprint density at radius 1 is 1.27 bits per heavy atom. The quantitative estimate of drug-likeness (QED) is 0.709. The molecule has 0 aliphatic heterocycles. The molecule has 0 spiro atoms. The molecule has 0 N–H and O–H groups in total. The van der Waals surface area contributed by atoms with E-state index >= 15 is 0 Å². The van der Waals surface area contributed by atoms with Gasteiger partial charge >= 0.3 is 0 Å². The largest absolute Gasteiger partial charge is 0.496 e. The lowest BCUT2D eigenvalue weighted by molar-refractivity contribution is 0.112. The third-order valence-corrected chi connectivity index (χ3v) is 2.53. The van der Waals surface area contributed by atoms with E-state index in [0.29, 0.717) is 23.2 Å². The van der Waals surface area contributed by atoms with Gasteiger partial charge in [0.1, 0.15) is 12.0 Å². The summed E-state index contributed by atoms with van der Waals surface area (Å²) in [6, 6.07) is 1.57. The Hall–Kier alpha value is -1.64. The number of aldehydes is 2. The zero-order chi connectivity index (χ0) is 11.4. The summed E-state index contributed by atoms with van der Waals surface area (Å²) >= 11 is 0. The Labute approximate surface area is 89.1 Å². The Bertz CT molecular complexity index is 360. The van der Waals surface area contributed by atoms with Gasteiger partial charge in [0.05, 0.1) is 12.7 Å². The number of ether oxygens (including phenoxy) is 1. The Kier molecular flexibility index (Phi) is 3.61. The lowest BCUT2D eigenvalue weighted by atomic mass is 9.96. The smallest absolute Gasteiger partial charge is 0.153 e. The number of benzene rings is 1. The van der Waals surface area contributed by atoms with Crippen molar-refractivity contribution >= 4 is 12.6 Å². The van der Waals surface area contributed by atoms with Crippen LogP contribution < -0.4 is 4.74 Å². The van der Waals surface area contributed by atoms with Gasteiger partial charge in [-0.2, -0.15) is 0 Å². The van der Waals surface area contributed by atoms with Crippen LogP contribution in [0, 0.1) is 6.92 Å². The lowest BCUT2D eigenvalue weighted by Crippen LogP contribution is -2.02. The molecule has 0 saturated heterocycles. The molecule has 0 aliphatic rings. The highest BCUT2D eigenvalue weighted by Gasteiger charge is 2.13. The van der Waals surface area contributed by atoms with Crippen molar-refractivity contribution in [3.05, 3.63) is 28.3 Å². The number of carbonyl (C=O) groups is 2. The lowest BCUT2D eigenvalue weighted by Gasteiger charge is -2.13. The maximum absolute atomic E-state index is 10.8. The van der Waals surface area contributed by atoms with E-state index in [2.05, 4.69) is 0 Å². The zero-order valence-electron chi connectivity index (χ0n) is 9.16. The highest BCUT2D eigenvalue weighted by atomic mass is 16.5. The summed E-state index contributed by atoms with van der Waals surface area (Å²) in [7, 11) is 1.52. The molecule has 1 rings (SSSR count). The van der Waals surface area contributed by atoms with Crippen LogP contribution in [-0.2, 0) is 6.42 Å². The summed E-state index contributed by atoms with van der Waals surface area (Å²) in [6.07, 6.45) is 2.23. The van der Waals surface area contributed by atoms with Crippen LogP contribution in [0.3, 0.4) is 0 Å². The molecule has 0 heterocycles. The van der Waals surface area contributed by atoms with Gasteiger partial charge in [0.25, 0.3) is 0 Å². The van der Waals surface area contributed by atoms with E-state index in [1.54, 1.807) is 6.07 Å². The Morgan fingerprint density at radius 2 is 1.87 bits per heavy atom. The third-order valence-electron chi connectivity index (χ3n) is 2.53. The zero-order valence-corrected chi connectivity index (χ0v) is 9.16. The van der Waals surface area contributed by atoms with Crippen LogP contribution >= 0.6 is 0 Å². The SMILES string of the molecule is CCc1c(C=O)cc(C=O)c(OC)c1C. The Morgan fingerprint density at radius 3 is 2.27 bits per heavy atom. The minimum absolute atomic E-state index is 0.425. The van der Waals surface area contributed by atoms with Gasteiger partial charge in [0.2, 0.25) is 0 Å². The van der Waals surface area contributed by atoms with Crippen LogP contribution in [0.15, 0.2) is 6.07 Å². The summed E-state index contributed by atoms with van der Waals surface area (Å²) < 4.78 is 5.16. The number of hydrogen-bond acceptors (Lipinski definition) is 3. The molecule has 3 nitrogen and oxygen atoms in total. The number of methoxy groups -OCH3 is 1. The normalized spacial score (nSPS) is 9.80. The highest BCUT2D eigenvalue weighted by Crippen LogP contribution is 2.28. The monoisotopic (exact) mass is 206 g/mol. The standard InChI is InChI=1S/C12H14O3/c1-4-11-8(2)12(15-3)10(7-14)5-9(11)6-13/h5-7H,4H2,1-3H3. The topological polar surface area (TPSA) is 43.4 Å². The number of carbonyl (C=O) groups excluding carboxylic acids is 2. The first kappa shape index (κ1) is 11.4. The number of rotatable bonds is 4. The molecule has 0 aromatic heterocycles. The molecule has 15 heavy (non-hydrogen) atoms. The highest BCUT2D eigenvalue weighted by molar-refractivity contribution is 5.87. The summed E-state index contributed by atoms with van der Waals surface area (Å²) in [5, 5.41) is 0. The first-order chi connectivity index (χ1) is 7.19. The molecule has 0 fully saturated rings. The molecule has 0 saturated carbocycles. The van der Waals surface area contributed by atoms with Crippen LogP contribution in [0.5, 0.6) is 5.75 Å². The molecule has 1 aromatic carbocycles. The average Bonchev–Trinajstić information content (AvgIpc) is 2.27. The van der Waals surface area contributed by atoms with Crippen LogP contribution in [0.2, 0.25) is 0 Å². The summed E-state index contributed by atoms with van der Waals surface area (Å²) in [5.74, 6) is 0.562. The molecule has 0 unspecified atom stereocenters. The van der Waals surface area contributed by atoms with Crippen molar-refractivity contribution in [2.45, 2.75) is 20.3 Å². The molecule has 0 amide bonds. The van der Waals surface area contributed by atoms with Gasteiger partial charge < -0.3 is 4.74 Å². The van der Waals surface area contributed by atoms with Crippen molar-refractivity contribution in [1.82, 2.24) is 0 Å². The first-order valence-corrected chi connectivity index (χ1v) is 4.80. The second kappa shape index (κ2) is 4.73. The molecule has 0 atom stereocenters. The van der Waals surface area contributed by atoms with Crippen molar-refractivity contribution in [1.29, 1.82) is 0 Å².